The van der Waals surface area contributed by atoms with Gasteiger partial charge in [0.1, 0.15) is 5.75 Å². The number of carbonyl (C=O) groups excluding carboxylic acids is 1. The fraction of sp³-hybridized carbons (Fsp3) is 0.304. The number of thioether (sulfide) groups is 1. The van der Waals surface area contributed by atoms with E-state index in [1.54, 1.807) is 31.4 Å². The first kappa shape index (κ1) is 22.4. The average Bonchev–Trinajstić information content (AvgIpc) is 3.15. The highest BCUT2D eigenvalue weighted by Crippen LogP contribution is 2.29. The number of hydrogen-bond donors (Lipinski definition) is 1. The molecular formula is C23H25N5O2S. The van der Waals surface area contributed by atoms with Gasteiger partial charge in [0.05, 0.1) is 24.0 Å². The van der Waals surface area contributed by atoms with E-state index in [1.165, 1.54) is 11.8 Å². The summed E-state index contributed by atoms with van der Waals surface area (Å²) in [6.45, 7) is 6.82. The van der Waals surface area contributed by atoms with Gasteiger partial charge in [-0.05, 0) is 55.3 Å². The lowest BCUT2D eigenvalue weighted by Crippen LogP contribution is -2.23. The Morgan fingerprint density at radius 2 is 1.94 bits per heavy atom. The third-order valence-electron chi connectivity index (χ3n) is 4.52. The van der Waals surface area contributed by atoms with E-state index in [1.807, 2.05) is 31.2 Å². The number of anilines is 1. The van der Waals surface area contributed by atoms with E-state index >= 15 is 0 Å². The highest BCUT2D eigenvalue weighted by molar-refractivity contribution is 8.00. The van der Waals surface area contributed by atoms with Crippen molar-refractivity contribution in [1.29, 1.82) is 5.26 Å². The first-order valence-electron chi connectivity index (χ1n) is 9.96. The number of methoxy groups -OCH3 is 1. The lowest BCUT2D eigenvalue weighted by atomic mass is 10.2. The van der Waals surface area contributed by atoms with Crippen LogP contribution in [0.15, 0.2) is 53.7 Å². The standard InChI is InChI=1S/C23H25N5O2S/c1-15(2)14-28-21(18-8-10-20(30-4)11-9-18)26-27-23(28)31-16(3)22(29)25-19-7-5-6-17(12-19)13-24/h5-12,15-16H,14H2,1-4H3,(H,25,29)/t16-/m0/s1. The van der Waals surface area contributed by atoms with Crippen molar-refractivity contribution in [3.05, 3.63) is 54.1 Å². The maximum absolute atomic E-state index is 12.7. The van der Waals surface area contributed by atoms with E-state index in [-0.39, 0.29) is 5.91 Å². The van der Waals surface area contributed by atoms with Crippen LogP contribution in [-0.2, 0) is 11.3 Å². The molecule has 7 nitrogen and oxygen atoms in total. The molecule has 0 saturated carbocycles. The van der Waals surface area contributed by atoms with E-state index in [0.29, 0.717) is 22.3 Å². The maximum Gasteiger partial charge on any atom is 0.237 e. The number of amides is 1. The van der Waals surface area contributed by atoms with Crippen molar-refractivity contribution < 1.29 is 9.53 Å². The van der Waals surface area contributed by atoms with Gasteiger partial charge in [-0.25, -0.2) is 0 Å². The Hall–Kier alpha value is -3.31. The van der Waals surface area contributed by atoms with Crippen molar-refractivity contribution in [3.63, 3.8) is 0 Å². The summed E-state index contributed by atoms with van der Waals surface area (Å²) >= 11 is 1.36. The monoisotopic (exact) mass is 435 g/mol. The van der Waals surface area contributed by atoms with Gasteiger partial charge in [-0.3, -0.25) is 4.79 Å². The van der Waals surface area contributed by atoms with Crippen LogP contribution >= 0.6 is 11.8 Å². The largest absolute Gasteiger partial charge is 0.497 e. The van der Waals surface area contributed by atoms with E-state index in [4.69, 9.17) is 10.00 Å². The zero-order valence-corrected chi connectivity index (χ0v) is 18.8. The SMILES string of the molecule is COc1ccc(-c2nnc(S[C@@H](C)C(=O)Nc3cccc(C#N)c3)n2CC(C)C)cc1. The summed E-state index contributed by atoms with van der Waals surface area (Å²) < 4.78 is 7.29. The molecule has 0 saturated heterocycles. The molecule has 1 heterocycles. The number of benzene rings is 2. The third kappa shape index (κ3) is 5.64. The molecule has 0 spiro atoms. The number of nitrogens with one attached hydrogen (secondary N) is 1. The summed E-state index contributed by atoms with van der Waals surface area (Å²) in [5.74, 6) is 1.75. The van der Waals surface area contributed by atoms with Gasteiger partial charge in [0.2, 0.25) is 5.91 Å². The highest BCUT2D eigenvalue weighted by atomic mass is 32.2. The molecule has 2 aromatic carbocycles. The molecule has 1 aromatic heterocycles. The predicted molar refractivity (Wildman–Crippen MR) is 122 cm³/mol. The third-order valence-corrected chi connectivity index (χ3v) is 5.60. The molecule has 31 heavy (non-hydrogen) atoms. The molecule has 3 rings (SSSR count). The molecule has 0 aliphatic rings. The molecule has 1 N–H and O–H groups in total. The Balaban J connectivity index is 1.80. The summed E-state index contributed by atoms with van der Waals surface area (Å²) in [7, 11) is 1.63. The molecule has 0 unspecified atom stereocenters. The molecule has 160 valence electrons. The Labute approximate surface area is 186 Å². The molecule has 3 aromatic rings. The van der Waals surface area contributed by atoms with E-state index < -0.39 is 5.25 Å². The zero-order chi connectivity index (χ0) is 22.4. The van der Waals surface area contributed by atoms with Crippen LogP contribution in [0.2, 0.25) is 0 Å². The van der Waals surface area contributed by atoms with Gasteiger partial charge in [0.25, 0.3) is 0 Å². The van der Waals surface area contributed by atoms with Crippen LogP contribution in [0.4, 0.5) is 5.69 Å². The highest BCUT2D eigenvalue weighted by Gasteiger charge is 2.21. The molecule has 1 atom stereocenters. The number of nitrogens with zero attached hydrogens (tertiary/aromatic N) is 4. The maximum atomic E-state index is 12.7. The van der Waals surface area contributed by atoms with Crippen molar-refractivity contribution in [2.24, 2.45) is 5.92 Å². The van der Waals surface area contributed by atoms with Crippen LogP contribution in [-0.4, -0.2) is 33.0 Å². The van der Waals surface area contributed by atoms with E-state index in [2.05, 4.69) is 40.0 Å². The van der Waals surface area contributed by atoms with Crippen LogP contribution in [0.1, 0.15) is 26.3 Å². The number of hydrogen-bond acceptors (Lipinski definition) is 6. The van der Waals surface area contributed by atoms with Crippen molar-refractivity contribution in [2.75, 3.05) is 12.4 Å². The molecule has 0 aliphatic heterocycles. The van der Waals surface area contributed by atoms with Crippen LogP contribution in [0.5, 0.6) is 5.75 Å². The fourth-order valence-corrected chi connectivity index (χ4v) is 3.84. The van der Waals surface area contributed by atoms with Gasteiger partial charge in [0.15, 0.2) is 11.0 Å². The van der Waals surface area contributed by atoms with Crippen molar-refractivity contribution in [3.8, 4) is 23.2 Å². The lowest BCUT2D eigenvalue weighted by Gasteiger charge is -2.15. The minimum atomic E-state index is -0.399. The van der Waals surface area contributed by atoms with Crippen molar-refractivity contribution in [2.45, 2.75) is 37.7 Å². The Kier molecular flexibility index (Phi) is 7.32. The fourth-order valence-electron chi connectivity index (χ4n) is 2.98. The molecule has 0 fully saturated rings. The van der Waals surface area contributed by atoms with Crippen LogP contribution in [0.25, 0.3) is 11.4 Å². The molecular weight excluding hydrogens is 410 g/mol. The number of rotatable bonds is 8. The number of aromatic nitrogens is 3. The normalized spacial score (nSPS) is 11.7. The lowest BCUT2D eigenvalue weighted by molar-refractivity contribution is -0.115. The second-order valence-corrected chi connectivity index (χ2v) is 8.79. The predicted octanol–water partition coefficient (Wildman–Crippen LogP) is 4.60. The Morgan fingerprint density at radius 1 is 1.19 bits per heavy atom. The summed E-state index contributed by atoms with van der Waals surface area (Å²) in [5.41, 5.74) is 2.03. The number of ether oxygens (including phenoxy) is 1. The van der Waals surface area contributed by atoms with Gasteiger partial charge in [-0.1, -0.05) is 31.7 Å². The Morgan fingerprint density at radius 3 is 2.58 bits per heavy atom. The van der Waals surface area contributed by atoms with Gasteiger partial charge in [-0.15, -0.1) is 10.2 Å². The summed E-state index contributed by atoms with van der Waals surface area (Å²) in [6, 6.07) is 16.6. The summed E-state index contributed by atoms with van der Waals surface area (Å²) in [6.07, 6.45) is 0. The smallest absolute Gasteiger partial charge is 0.237 e. The molecule has 1 amide bonds. The molecule has 0 aliphatic carbocycles. The van der Waals surface area contributed by atoms with Crippen LogP contribution in [0, 0.1) is 17.2 Å². The second kappa shape index (κ2) is 10.1. The van der Waals surface area contributed by atoms with Crippen LogP contribution in [0.3, 0.4) is 0 Å². The second-order valence-electron chi connectivity index (χ2n) is 7.48. The van der Waals surface area contributed by atoms with E-state index in [0.717, 1.165) is 23.7 Å². The van der Waals surface area contributed by atoms with E-state index in [9.17, 15) is 4.79 Å². The first-order chi connectivity index (χ1) is 14.9. The summed E-state index contributed by atoms with van der Waals surface area (Å²) in [4.78, 5) is 12.7. The molecule has 8 heteroatoms. The Bertz CT molecular complexity index is 1090. The van der Waals surface area contributed by atoms with Gasteiger partial charge < -0.3 is 14.6 Å². The van der Waals surface area contributed by atoms with Crippen molar-refractivity contribution in [1.82, 2.24) is 14.8 Å². The molecule has 0 bridgehead atoms. The van der Waals surface area contributed by atoms with Gasteiger partial charge in [0, 0.05) is 17.8 Å². The first-order valence-corrected chi connectivity index (χ1v) is 10.8. The molecule has 0 radical (unpaired) electrons. The average molecular weight is 436 g/mol. The number of nitriles is 1. The van der Waals surface area contributed by atoms with Gasteiger partial charge >= 0.3 is 0 Å². The quantitative estimate of drug-likeness (QED) is 0.520. The zero-order valence-electron chi connectivity index (χ0n) is 18.0. The van der Waals surface area contributed by atoms with Crippen LogP contribution < -0.4 is 10.1 Å². The summed E-state index contributed by atoms with van der Waals surface area (Å²) in [5, 5.41) is 21.0. The minimum absolute atomic E-state index is 0.162. The topological polar surface area (TPSA) is 92.8 Å². The number of carbonyl (C=O) groups is 1. The van der Waals surface area contributed by atoms with Gasteiger partial charge in [-0.2, -0.15) is 5.26 Å². The van der Waals surface area contributed by atoms with Crippen molar-refractivity contribution >= 4 is 23.4 Å². The minimum Gasteiger partial charge on any atom is -0.497 e.